The normalized spacial score (nSPS) is 15.4. The number of aromatic hydroxyl groups is 4. The summed E-state index contributed by atoms with van der Waals surface area (Å²) in [6.07, 6.45) is 1.52. The first-order chi connectivity index (χ1) is 15.2. The van der Waals surface area contributed by atoms with Crippen LogP contribution in [0.15, 0.2) is 12.1 Å². The average molecular weight is 466 g/mol. The Labute approximate surface area is 189 Å². The van der Waals surface area contributed by atoms with Crippen LogP contribution in [0.3, 0.4) is 0 Å². The van der Waals surface area contributed by atoms with Crippen molar-refractivity contribution < 1.29 is 39.5 Å². The molecule has 2 aromatic rings. The molecule has 9 nitrogen and oxygen atoms in total. The molecule has 172 valence electrons. The Bertz CT molecular complexity index is 1050. The SMILES string of the molecule is COc1c(O)cc2c(O)c1CCCOC(=O)c1c(O)cc(O)c(Cl)c1CCCCC(=O)N2. The van der Waals surface area contributed by atoms with Crippen molar-refractivity contribution in [1.82, 2.24) is 0 Å². The van der Waals surface area contributed by atoms with E-state index in [4.69, 9.17) is 21.1 Å². The number of phenols is 4. The number of hydrogen-bond acceptors (Lipinski definition) is 8. The Kier molecular flexibility index (Phi) is 7.19. The third kappa shape index (κ3) is 4.77. The molecule has 2 aromatic carbocycles. The highest BCUT2D eigenvalue weighted by Gasteiger charge is 2.24. The number of fused-ring (bicyclic) bond motifs is 3. The maximum Gasteiger partial charge on any atom is 0.342 e. The minimum Gasteiger partial charge on any atom is -0.507 e. The number of nitrogens with one attached hydrogen (secondary N) is 1. The van der Waals surface area contributed by atoms with Crippen molar-refractivity contribution in [2.75, 3.05) is 19.0 Å². The predicted molar refractivity (Wildman–Crippen MR) is 116 cm³/mol. The maximum atomic E-state index is 12.7. The van der Waals surface area contributed by atoms with Gasteiger partial charge in [-0.2, -0.15) is 0 Å². The summed E-state index contributed by atoms with van der Waals surface area (Å²) >= 11 is 6.17. The van der Waals surface area contributed by atoms with Gasteiger partial charge in [-0.1, -0.05) is 11.6 Å². The summed E-state index contributed by atoms with van der Waals surface area (Å²) in [5, 5.41) is 43.5. The summed E-state index contributed by atoms with van der Waals surface area (Å²) < 4.78 is 10.5. The number of esters is 1. The van der Waals surface area contributed by atoms with Gasteiger partial charge in [-0.3, -0.25) is 4.79 Å². The molecule has 32 heavy (non-hydrogen) atoms. The standard InChI is InChI=1S/C22H24ClNO8/c1-31-21-12-6-4-8-32-22(30)18-11(19(23)15(26)10-14(18)25)5-2-3-7-17(28)24-13(20(12)29)9-16(21)27/h9-10,25-27,29H,2-8H2,1H3,(H,24,28). The zero-order valence-corrected chi connectivity index (χ0v) is 18.2. The number of carbonyl (C=O) groups is 2. The van der Waals surface area contributed by atoms with Crippen molar-refractivity contribution >= 4 is 29.2 Å². The van der Waals surface area contributed by atoms with Gasteiger partial charge >= 0.3 is 5.97 Å². The van der Waals surface area contributed by atoms with Crippen LogP contribution in [0.5, 0.6) is 28.7 Å². The summed E-state index contributed by atoms with van der Waals surface area (Å²) in [6.45, 7) is -0.0733. The fourth-order valence-corrected chi connectivity index (χ4v) is 3.93. The van der Waals surface area contributed by atoms with E-state index in [2.05, 4.69) is 5.32 Å². The lowest BCUT2D eigenvalue weighted by molar-refractivity contribution is -0.116. The Hall–Kier alpha value is -3.33. The van der Waals surface area contributed by atoms with Crippen LogP contribution in [0.25, 0.3) is 0 Å². The molecule has 0 saturated carbocycles. The highest BCUT2D eigenvalue weighted by Crippen LogP contribution is 2.43. The van der Waals surface area contributed by atoms with E-state index in [-0.39, 0.29) is 88.6 Å². The molecule has 1 heterocycles. The molecule has 0 radical (unpaired) electrons. The van der Waals surface area contributed by atoms with E-state index in [9.17, 15) is 30.0 Å². The molecule has 0 aliphatic carbocycles. The van der Waals surface area contributed by atoms with Gasteiger partial charge in [-0.15, -0.1) is 0 Å². The number of methoxy groups -OCH3 is 1. The van der Waals surface area contributed by atoms with Crippen molar-refractivity contribution in [2.45, 2.75) is 38.5 Å². The maximum absolute atomic E-state index is 12.7. The molecule has 1 aliphatic rings. The Balaban J connectivity index is 1.95. The van der Waals surface area contributed by atoms with E-state index in [1.54, 1.807) is 0 Å². The second-order valence-electron chi connectivity index (χ2n) is 7.38. The zero-order valence-electron chi connectivity index (χ0n) is 17.4. The van der Waals surface area contributed by atoms with E-state index < -0.39 is 11.7 Å². The number of amides is 1. The molecule has 10 heteroatoms. The van der Waals surface area contributed by atoms with Crippen LogP contribution >= 0.6 is 11.6 Å². The molecule has 0 atom stereocenters. The summed E-state index contributed by atoms with van der Waals surface area (Å²) in [6, 6.07) is 2.19. The molecule has 0 aromatic heterocycles. The van der Waals surface area contributed by atoms with Crippen LogP contribution in [0.4, 0.5) is 5.69 Å². The van der Waals surface area contributed by atoms with Crippen molar-refractivity contribution in [1.29, 1.82) is 0 Å². The van der Waals surface area contributed by atoms with Crippen molar-refractivity contribution in [2.24, 2.45) is 0 Å². The van der Waals surface area contributed by atoms with E-state index in [0.717, 1.165) is 6.07 Å². The molecular formula is C22H24ClNO8. The minimum atomic E-state index is -0.808. The van der Waals surface area contributed by atoms with Crippen LogP contribution in [-0.2, 0) is 22.4 Å². The fraction of sp³-hybridized carbons (Fsp3) is 0.364. The lowest BCUT2D eigenvalue weighted by Gasteiger charge is -2.17. The van der Waals surface area contributed by atoms with Gasteiger partial charge in [0.15, 0.2) is 11.5 Å². The lowest BCUT2D eigenvalue weighted by atomic mass is 9.99. The van der Waals surface area contributed by atoms with E-state index in [0.29, 0.717) is 12.8 Å². The van der Waals surface area contributed by atoms with E-state index in [1.807, 2.05) is 0 Å². The zero-order chi connectivity index (χ0) is 23.4. The third-order valence-electron chi connectivity index (χ3n) is 5.22. The first-order valence-corrected chi connectivity index (χ1v) is 10.4. The van der Waals surface area contributed by atoms with Gasteiger partial charge in [0, 0.05) is 24.1 Å². The highest BCUT2D eigenvalue weighted by molar-refractivity contribution is 6.33. The molecule has 5 N–H and O–H groups in total. The van der Waals surface area contributed by atoms with Crippen LogP contribution in [0.2, 0.25) is 5.02 Å². The number of phenolic OH excluding ortho intramolecular Hbond substituents is 4. The summed E-state index contributed by atoms with van der Waals surface area (Å²) in [7, 11) is 1.33. The molecule has 0 saturated heterocycles. The molecule has 3 rings (SSSR count). The lowest BCUT2D eigenvalue weighted by Crippen LogP contribution is -2.14. The van der Waals surface area contributed by atoms with Gasteiger partial charge in [0.1, 0.15) is 22.8 Å². The number of benzene rings is 2. The number of halogens is 1. The molecule has 0 spiro atoms. The molecule has 2 bridgehead atoms. The molecule has 0 fully saturated rings. The van der Waals surface area contributed by atoms with Crippen LogP contribution < -0.4 is 10.1 Å². The molecule has 0 unspecified atom stereocenters. The summed E-state index contributed by atoms with van der Waals surface area (Å²) in [5.74, 6) is -2.44. The number of hydrogen-bond donors (Lipinski definition) is 5. The van der Waals surface area contributed by atoms with Gasteiger partial charge in [-0.25, -0.2) is 4.79 Å². The Morgan fingerprint density at radius 3 is 2.34 bits per heavy atom. The monoisotopic (exact) mass is 465 g/mol. The summed E-state index contributed by atoms with van der Waals surface area (Å²) in [5.41, 5.74) is 0.415. The minimum absolute atomic E-state index is 0.0515. The quantitative estimate of drug-likeness (QED) is 0.244. The van der Waals surface area contributed by atoms with Crippen LogP contribution in [0.1, 0.15) is 47.2 Å². The fourth-order valence-electron chi connectivity index (χ4n) is 3.68. The van der Waals surface area contributed by atoms with Gasteiger partial charge < -0.3 is 35.2 Å². The number of carbonyl (C=O) groups excluding carboxylic acids is 2. The molecule has 1 amide bonds. The third-order valence-corrected chi connectivity index (χ3v) is 5.64. The van der Waals surface area contributed by atoms with Crippen molar-refractivity contribution in [3.63, 3.8) is 0 Å². The van der Waals surface area contributed by atoms with Gasteiger partial charge in [0.25, 0.3) is 0 Å². The van der Waals surface area contributed by atoms with E-state index in [1.165, 1.54) is 13.2 Å². The Morgan fingerprint density at radius 2 is 1.62 bits per heavy atom. The number of cyclic esters (lactones) is 1. The Morgan fingerprint density at radius 1 is 0.938 bits per heavy atom. The first-order valence-electron chi connectivity index (χ1n) is 10.1. The molecule has 1 aliphatic heterocycles. The van der Waals surface area contributed by atoms with Gasteiger partial charge in [-0.05, 0) is 37.7 Å². The topological polar surface area (TPSA) is 146 Å². The van der Waals surface area contributed by atoms with Crippen LogP contribution in [0, 0.1) is 0 Å². The second kappa shape index (κ2) is 9.86. The van der Waals surface area contributed by atoms with E-state index >= 15 is 0 Å². The summed E-state index contributed by atoms with van der Waals surface area (Å²) in [4.78, 5) is 25.0. The predicted octanol–water partition coefficient (Wildman–Crippen LogP) is 3.63. The van der Waals surface area contributed by atoms with Crippen molar-refractivity contribution in [3.8, 4) is 28.7 Å². The molecular weight excluding hydrogens is 442 g/mol. The number of anilines is 1. The van der Waals surface area contributed by atoms with Gasteiger partial charge in [0.2, 0.25) is 5.91 Å². The van der Waals surface area contributed by atoms with Crippen molar-refractivity contribution in [3.05, 3.63) is 33.8 Å². The van der Waals surface area contributed by atoms with Crippen LogP contribution in [-0.4, -0.2) is 46.0 Å². The highest BCUT2D eigenvalue weighted by atomic mass is 35.5. The van der Waals surface area contributed by atoms with Gasteiger partial charge in [0.05, 0.1) is 24.4 Å². The second-order valence-corrected chi connectivity index (χ2v) is 7.76. The first kappa shape index (κ1) is 23.3. The number of rotatable bonds is 1. The smallest absolute Gasteiger partial charge is 0.342 e. The largest absolute Gasteiger partial charge is 0.507 e. The number of ether oxygens (including phenoxy) is 2. The average Bonchev–Trinajstić information content (AvgIpc) is 2.74.